The fourth-order valence-corrected chi connectivity index (χ4v) is 2.82. The van der Waals surface area contributed by atoms with Gasteiger partial charge in [0.25, 0.3) is 5.91 Å². The second kappa shape index (κ2) is 9.88. The highest BCUT2D eigenvalue weighted by atomic mass is 16.5. The lowest BCUT2D eigenvalue weighted by atomic mass is 10.1. The summed E-state index contributed by atoms with van der Waals surface area (Å²) in [7, 11) is 0. The smallest absolute Gasteiger partial charge is 0.316 e. The molecular weight excluding hydrogens is 400 g/mol. The molecule has 1 aromatic heterocycles. The van der Waals surface area contributed by atoms with Crippen LogP contribution >= 0.6 is 0 Å². The van der Waals surface area contributed by atoms with Crippen LogP contribution in [0.5, 0.6) is 5.75 Å². The summed E-state index contributed by atoms with van der Waals surface area (Å²) in [5, 5.41) is 14.3. The number of carbonyl (C=O) groups excluding carboxylic acids is 2. The highest BCUT2D eigenvalue weighted by Gasteiger charge is 2.18. The Balaban J connectivity index is 1.67. The summed E-state index contributed by atoms with van der Waals surface area (Å²) in [5.74, 6) is -0.924. The van der Waals surface area contributed by atoms with E-state index in [2.05, 4.69) is 15.6 Å². The molecule has 0 saturated carbocycles. The maximum absolute atomic E-state index is 12.5. The number of primary amides is 1. The van der Waals surface area contributed by atoms with Crippen LogP contribution in [0.3, 0.4) is 0 Å². The van der Waals surface area contributed by atoms with E-state index in [9.17, 15) is 14.4 Å². The Hall–Kier alpha value is -4.40. The monoisotopic (exact) mass is 420 g/mol. The first kappa shape index (κ1) is 21.3. The number of pyridine rings is 1. The highest BCUT2D eigenvalue weighted by Crippen LogP contribution is 2.26. The Labute approximate surface area is 177 Å². The largest absolute Gasteiger partial charge is 0.485 e. The minimum Gasteiger partial charge on any atom is -0.485 e. The molecule has 5 N–H and O–H groups in total. The summed E-state index contributed by atoms with van der Waals surface area (Å²) in [6.45, 7) is 0. The van der Waals surface area contributed by atoms with E-state index in [0.29, 0.717) is 28.3 Å². The van der Waals surface area contributed by atoms with Gasteiger partial charge in [0.2, 0.25) is 0 Å². The van der Waals surface area contributed by atoms with Crippen molar-refractivity contribution in [1.82, 2.24) is 4.98 Å². The molecule has 2 aromatic carbocycles. The van der Waals surface area contributed by atoms with Gasteiger partial charge in [0, 0.05) is 34.9 Å². The molecule has 1 heterocycles. The minimum atomic E-state index is -0.995. The summed E-state index contributed by atoms with van der Waals surface area (Å²) >= 11 is 0. The number of rotatable bonds is 8. The van der Waals surface area contributed by atoms with E-state index in [1.54, 1.807) is 67.0 Å². The maximum Gasteiger partial charge on any atom is 0.316 e. The van der Waals surface area contributed by atoms with Crippen LogP contribution in [0.1, 0.15) is 28.4 Å². The summed E-state index contributed by atoms with van der Waals surface area (Å²) in [6.07, 6.45) is 2.23. The molecule has 0 aliphatic heterocycles. The Morgan fingerprint density at radius 3 is 2.42 bits per heavy atom. The van der Waals surface area contributed by atoms with Crippen LogP contribution < -0.4 is 21.1 Å². The topological polar surface area (TPSA) is 144 Å². The van der Waals surface area contributed by atoms with Crippen LogP contribution in [0.15, 0.2) is 73.1 Å². The fraction of sp³-hybridized carbons (Fsp3) is 0.0909. The van der Waals surface area contributed by atoms with Crippen LogP contribution in [0, 0.1) is 0 Å². The first-order valence-corrected chi connectivity index (χ1v) is 9.27. The summed E-state index contributed by atoms with van der Waals surface area (Å²) < 4.78 is 5.82. The number of anilines is 2. The van der Waals surface area contributed by atoms with Gasteiger partial charge in [0.05, 0.1) is 6.42 Å². The van der Waals surface area contributed by atoms with E-state index < -0.39 is 18.1 Å². The summed E-state index contributed by atoms with van der Waals surface area (Å²) in [6, 6.07) is 15.6. The lowest BCUT2D eigenvalue weighted by Crippen LogP contribution is -2.19. The van der Waals surface area contributed by atoms with E-state index in [1.807, 2.05) is 0 Å². The number of amides is 3. The number of carboxylic acid groups (broad SMARTS) is 1. The van der Waals surface area contributed by atoms with Gasteiger partial charge in [-0.2, -0.15) is 0 Å². The van der Waals surface area contributed by atoms with Crippen molar-refractivity contribution in [3.63, 3.8) is 0 Å². The molecule has 3 aromatic rings. The van der Waals surface area contributed by atoms with E-state index in [-0.39, 0.29) is 12.3 Å². The van der Waals surface area contributed by atoms with Gasteiger partial charge in [-0.3, -0.25) is 14.6 Å². The first-order chi connectivity index (χ1) is 14.9. The van der Waals surface area contributed by atoms with Crippen LogP contribution in [0.25, 0.3) is 0 Å². The van der Waals surface area contributed by atoms with Crippen LogP contribution in [-0.2, 0) is 4.79 Å². The quantitative estimate of drug-likeness (QED) is 0.440. The number of aromatic nitrogens is 1. The highest BCUT2D eigenvalue weighted by molar-refractivity contribution is 6.05. The third-order valence-electron chi connectivity index (χ3n) is 4.20. The SMILES string of the molecule is NC(=O)Nc1cccc(C(=O)Nc2ccc(OC(CC(=O)O)c3cccnc3)cc2)c1. The van der Waals surface area contributed by atoms with E-state index in [1.165, 1.54) is 6.07 Å². The van der Waals surface area contributed by atoms with Crippen LogP contribution in [0.4, 0.5) is 16.2 Å². The van der Waals surface area contributed by atoms with Crippen molar-refractivity contribution in [1.29, 1.82) is 0 Å². The van der Waals surface area contributed by atoms with Crippen LogP contribution in [-0.4, -0.2) is 28.0 Å². The number of carbonyl (C=O) groups is 3. The Morgan fingerprint density at radius 2 is 1.77 bits per heavy atom. The van der Waals surface area contributed by atoms with Crippen molar-refractivity contribution in [2.24, 2.45) is 5.73 Å². The van der Waals surface area contributed by atoms with Crippen molar-refractivity contribution in [2.45, 2.75) is 12.5 Å². The lowest BCUT2D eigenvalue weighted by molar-refractivity contribution is -0.138. The lowest BCUT2D eigenvalue weighted by Gasteiger charge is -2.18. The van der Waals surface area contributed by atoms with Crippen LogP contribution in [0.2, 0.25) is 0 Å². The third-order valence-corrected chi connectivity index (χ3v) is 4.20. The molecule has 0 fully saturated rings. The van der Waals surface area contributed by atoms with Gasteiger partial charge >= 0.3 is 12.0 Å². The van der Waals surface area contributed by atoms with Gasteiger partial charge in [-0.1, -0.05) is 12.1 Å². The summed E-state index contributed by atoms with van der Waals surface area (Å²) in [5.41, 5.74) is 6.99. The Morgan fingerprint density at radius 1 is 1.00 bits per heavy atom. The molecule has 0 radical (unpaired) electrons. The average molecular weight is 420 g/mol. The summed E-state index contributed by atoms with van der Waals surface area (Å²) in [4.78, 5) is 38.6. The standard InChI is InChI=1S/C22H20N4O5/c23-22(30)26-17-5-1-3-14(11-17)21(29)25-16-6-8-18(9-7-16)31-19(12-20(27)28)15-4-2-10-24-13-15/h1-11,13,19H,12H2,(H,25,29)(H,27,28)(H3,23,26,30). The maximum atomic E-state index is 12.5. The molecule has 0 bridgehead atoms. The Bertz CT molecular complexity index is 1070. The molecule has 31 heavy (non-hydrogen) atoms. The molecule has 3 rings (SSSR count). The minimum absolute atomic E-state index is 0.222. The second-order valence-electron chi connectivity index (χ2n) is 6.54. The van der Waals surface area contributed by atoms with Crippen molar-refractivity contribution >= 4 is 29.3 Å². The number of nitrogens with two attached hydrogens (primary N) is 1. The van der Waals surface area contributed by atoms with Gasteiger partial charge in [-0.25, -0.2) is 4.79 Å². The average Bonchev–Trinajstić information content (AvgIpc) is 2.74. The van der Waals surface area contributed by atoms with E-state index in [0.717, 1.165) is 0 Å². The predicted molar refractivity (Wildman–Crippen MR) is 114 cm³/mol. The Kier molecular flexibility index (Phi) is 6.79. The zero-order chi connectivity index (χ0) is 22.2. The van der Waals surface area contributed by atoms with Crippen molar-refractivity contribution < 1.29 is 24.2 Å². The van der Waals surface area contributed by atoms with E-state index >= 15 is 0 Å². The van der Waals surface area contributed by atoms with Gasteiger partial charge in [-0.05, 0) is 48.5 Å². The van der Waals surface area contributed by atoms with Gasteiger partial charge in [0.15, 0.2) is 0 Å². The van der Waals surface area contributed by atoms with Crippen molar-refractivity contribution in [3.05, 3.63) is 84.2 Å². The number of nitrogens with zero attached hydrogens (tertiary/aromatic N) is 1. The number of ether oxygens (including phenoxy) is 1. The fourth-order valence-electron chi connectivity index (χ4n) is 2.82. The normalized spacial score (nSPS) is 11.2. The molecule has 0 aliphatic rings. The zero-order valence-corrected chi connectivity index (χ0v) is 16.3. The number of hydrogen-bond acceptors (Lipinski definition) is 5. The molecule has 3 amide bonds. The second-order valence-corrected chi connectivity index (χ2v) is 6.54. The van der Waals surface area contributed by atoms with Gasteiger partial charge < -0.3 is 26.2 Å². The molecule has 9 heteroatoms. The van der Waals surface area contributed by atoms with E-state index in [4.69, 9.17) is 15.6 Å². The molecule has 1 atom stereocenters. The molecule has 0 aliphatic carbocycles. The number of carboxylic acids is 1. The number of hydrogen-bond donors (Lipinski definition) is 4. The first-order valence-electron chi connectivity index (χ1n) is 9.27. The molecule has 0 saturated heterocycles. The van der Waals surface area contributed by atoms with Gasteiger partial charge in [-0.15, -0.1) is 0 Å². The van der Waals surface area contributed by atoms with Crippen molar-refractivity contribution in [3.8, 4) is 5.75 Å². The molecule has 158 valence electrons. The number of benzene rings is 2. The third kappa shape index (κ3) is 6.29. The molecule has 9 nitrogen and oxygen atoms in total. The zero-order valence-electron chi connectivity index (χ0n) is 16.3. The molecule has 0 spiro atoms. The number of nitrogens with one attached hydrogen (secondary N) is 2. The van der Waals surface area contributed by atoms with Gasteiger partial charge in [0.1, 0.15) is 11.9 Å². The predicted octanol–water partition coefficient (Wildman–Crippen LogP) is 3.42. The molecule has 1 unspecified atom stereocenters. The number of aliphatic carboxylic acids is 1. The number of urea groups is 1. The van der Waals surface area contributed by atoms with Crippen molar-refractivity contribution in [2.75, 3.05) is 10.6 Å². The molecular formula is C22H20N4O5.